The van der Waals surface area contributed by atoms with Crippen molar-refractivity contribution in [2.24, 2.45) is 0 Å². The minimum Gasteiger partial charge on any atom is -0.299 e. The van der Waals surface area contributed by atoms with Gasteiger partial charge in [-0.3, -0.25) is 13.6 Å². The summed E-state index contributed by atoms with van der Waals surface area (Å²) >= 11 is 0. The molecule has 1 aliphatic heterocycles. The van der Waals surface area contributed by atoms with E-state index in [1.54, 1.807) is 0 Å². The maximum Gasteiger partial charge on any atom is 0.320 e. The molecule has 18 heavy (non-hydrogen) atoms. The SMILES string of the molecule is O=[PH]1OC(c2ccccc2)C(c2ccccc2)O1. The van der Waals surface area contributed by atoms with Crippen molar-refractivity contribution in [1.29, 1.82) is 0 Å². The normalized spacial score (nSPS) is 27.2. The Hall–Kier alpha value is -1.41. The predicted molar refractivity (Wildman–Crippen MR) is 69.5 cm³/mol. The Morgan fingerprint density at radius 1 is 0.722 bits per heavy atom. The van der Waals surface area contributed by atoms with Gasteiger partial charge in [0.25, 0.3) is 0 Å². The smallest absolute Gasteiger partial charge is 0.299 e. The van der Waals surface area contributed by atoms with Crippen LogP contribution in [-0.2, 0) is 13.6 Å². The van der Waals surface area contributed by atoms with Gasteiger partial charge in [0.1, 0.15) is 12.2 Å². The summed E-state index contributed by atoms with van der Waals surface area (Å²) in [6.45, 7) is 0. The maximum absolute atomic E-state index is 11.6. The van der Waals surface area contributed by atoms with Crippen LogP contribution in [0.15, 0.2) is 60.7 Å². The first kappa shape index (κ1) is 11.7. The number of rotatable bonds is 2. The summed E-state index contributed by atoms with van der Waals surface area (Å²) in [5.41, 5.74) is 1.98. The van der Waals surface area contributed by atoms with E-state index < -0.39 is 8.25 Å². The topological polar surface area (TPSA) is 35.5 Å². The molecule has 3 rings (SSSR count). The van der Waals surface area contributed by atoms with Crippen LogP contribution in [-0.4, -0.2) is 0 Å². The summed E-state index contributed by atoms with van der Waals surface area (Å²) in [6, 6.07) is 19.5. The van der Waals surface area contributed by atoms with Gasteiger partial charge in [-0.15, -0.1) is 0 Å². The van der Waals surface area contributed by atoms with E-state index in [4.69, 9.17) is 9.05 Å². The van der Waals surface area contributed by atoms with Gasteiger partial charge < -0.3 is 0 Å². The molecule has 92 valence electrons. The van der Waals surface area contributed by atoms with E-state index in [-0.39, 0.29) is 12.2 Å². The van der Waals surface area contributed by atoms with Crippen LogP contribution >= 0.6 is 8.25 Å². The zero-order valence-electron chi connectivity index (χ0n) is 9.65. The van der Waals surface area contributed by atoms with Gasteiger partial charge >= 0.3 is 8.25 Å². The molecule has 2 atom stereocenters. The third-order valence-corrected chi connectivity index (χ3v) is 3.87. The lowest BCUT2D eigenvalue weighted by Crippen LogP contribution is -2.06. The molecule has 0 N–H and O–H groups in total. The second-order valence-electron chi connectivity index (χ2n) is 4.15. The Morgan fingerprint density at radius 2 is 1.11 bits per heavy atom. The van der Waals surface area contributed by atoms with Crippen LogP contribution in [0.4, 0.5) is 0 Å². The Morgan fingerprint density at radius 3 is 1.50 bits per heavy atom. The summed E-state index contributed by atoms with van der Waals surface area (Å²) in [7, 11) is -2.40. The third kappa shape index (κ3) is 2.25. The lowest BCUT2D eigenvalue weighted by molar-refractivity contribution is 0.159. The molecule has 1 heterocycles. The Balaban J connectivity index is 1.96. The fourth-order valence-electron chi connectivity index (χ4n) is 2.13. The molecule has 3 nitrogen and oxygen atoms in total. The third-order valence-electron chi connectivity index (χ3n) is 2.98. The summed E-state index contributed by atoms with van der Waals surface area (Å²) in [5.74, 6) is 0. The van der Waals surface area contributed by atoms with Crippen molar-refractivity contribution in [2.75, 3.05) is 0 Å². The maximum atomic E-state index is 11.6. The quantitative estimate of drug-likeness (QED) is 0.768. The zero-order chi connectivity index (χ0) is 12.4. The molecule has 0 aliphatic carbocycles. The second-order valence-corrected chi connectivity index (χ2v) is 5.12. The second kappa shape index (κ2) is 5.07. The molecule has 1 saturated heterocycles. The average Bonchev–Trinajstić information content (AvgIpc) is 2.83. The summed E-state index contributed by atoms with van der Waals surface area (Å²) in [5, 5.41) is 0. The van der Waals surface area contributed by atoms with Crippen LogP contribution < -0.4 is 0 Å². The summed E-state index contributed by atoms with van der Waals surface area (Å²) < 4.78 is 22.4. The van der Waals surface area contributed by atoms with Gasteiger partial charge in [-0.05, 0) is 11.1 Å². The molecular formula is C14H13O3P. The van der Waals surface area contributed by atoms with Gasteiger partial charge in [0, 0.05) is 0 Å². The van der Waals surface area contributed by atoms with Crippen molar-refractivity contribution in [1.82, 2.24) is 0 Å². The molecule has 2 aromatic carbocycles. The first-order valence-corrected chi connectivity index (χ1v) is 7.04. The monoisotopic (exact) mass is 260 g/mol. The van der Waals surface area contributed by atoms with Crippen molar-refractivity contribution in [3.63, 3.8) is 0 Å². The molecule has 4 heteroatoms. The van der Waals surface area contributed by atoms with Crippen molar-refractivity contribution in [3.05, 3.63) is 71.8 Å². The van der Waals surface area contributed by atoms with Crippen molar-refractivity contribution < 1.29 is 13.6 Å². The number of hydrogen-bond acceptors (Lipinski definition) is 3. The highest BCUT2D eigenvalue weighted by Crippen LogP contribution is 2.53. The molecule has 0 radical (unpaired) electrons. The highest BCUT2D eigenvalue weighted by molar-refractivity contribution is 7.33. The predicted octanol–water partition coefficient (Wildman–Crippen LogP) is 3.91. The Labute approximate surface area is 106 Å². The number of hydrogen-bond donors (Lipinski definition) is 0. The molecule has 0 saturated carbocycles. The highest BCUT2D eigenvalue weighted by Gasteiger charge is 2.36. The Bertz CT molecular complexity index is 492. The van der Waals surface area contributed by atoms with Crippen LogP contribution in [0.1, 0.15) is 23.3 Å². The summed E-state index contributed by atoms with van der Waals surface area (Å²) in [6.07, 6.45) is -0.583. The van der Waals surface area contributed by atoms with Gasteiger partial charge in [-0.1, -0.05) is 60.7 Å². The van der Waals surface area contributed by atoms with Crippen LogP contribution in [0.25, 0.3) is 0 Å². The van der Waals surface area contributed by atoms with Crippen LogP contribution in [0.2, 0.25) is 0 Å². The minimum atomic E-state index is -2.40. The van der Waals surface area contributed by atoms with E-state index in [0.29, 0.717) is 0 Å². The largest absolute Gasteiger partial charge is 0.320 e. The first-order valence-electron chi connectivity index (χ1n) is 5.82. The van der Waals surface area contributed by atoms with E-state index in [0.717, 1.165) is 11.1 Å². The van der Waals surface area contributed by atoms with Crippen molar-refractivity contribution in [3.8, 4) is 0 Å². The van der Waals surface area contributed by atoms with Crippen molar-refractivity contribution >= 4 is 8.25 Å². The molecule has 2 unspecified atom stereocenters. The molecule has 1 aliphatic rings. The van der Waals surface area contributed by atoms with Crippen LogP contribution in [0, 0.1) is 0 Å². The standard InChI is InChI=1S/C14H13O3P/c15-18-16-13(11-7-3-1-4-8-11)14(17-18)12-9-5-2-6-10-12/h1-10,13-14,18H. The first-order chi connectivity index (χ1) is 8.84. The highest BCUT2D eigenvalue weighted by atomic mass is 31.1. The van der Waals surface area contributed by atoms with Crippen LogP contribution in [0.5, 0.6) is 0 Å². The van der Waals surface area contributed by atoms with Gasteiger partial charge in [-0.2, -0.15) is 0 Å². The fourth-order valence-corrected chi connectivity index (χ4v) is 3.12. The molecule has 0 bridgehead atoms. The lowest BCUT2D eigenvalue weighted by atomic mass is 9.99. The van der Waals surface area contributed by atoms with Gasteiger partial charge in [0.2, 0.25) is 0 Å². The molecule has 0 aromatic heterocycles. The minimum absolute atomic E-state index is 0.292. The average molecular weight is 260 g/mol. The van der Waals surface area contributed by atoms with E-state index in [2.05, 4.69) is 0 Å². The molecule has 1 fully saturated rings. The van der Waals surface area contributed by atoms with E-state index >= 15 is 0 Å². The van der Waals surface area contributed by atoms with Crippen molar-refractivity contribution in [2.45, 2.75) is 12.2 Å². The van der Waals surface area contributed by atoms with Gasteiger partial charge in [0.05, 0.1) is 0 Å². The zero-order valence-corrected chi connectivity index (χ0v) is 10.7. The molecule has 0 spiro atoms. The van der Waals surface area contributed by atoms with Crippen LogP contribution in [0.3, 0.4) is 0 Å². The van der Waals surface area contributed by atoms with E-state index in [1.807, 2.05) is 60.7 Å². The number of benzene rings is 2. The molecular weight excluding hydrogens is 247 g/mol. The van der Waals surface area contributed by atoms with E-state index in [1.165, 1.54) is 0 Å². The molecule has 0 amide bonds. The summed E-state index contributed by atoms with van der Waals surface area (Å²) in [4.78, 5) is 0. The molecule has 2 aromatic rings. The van der Waals surface area contributed by atoms with Gasteiger partial charge in [0.15, 0.2) is 0 Å². The van der Waals surface area contributed by atoms with E-state index in [9.17, 15) is 4.57 Å². The fraction of sp³-hybridized carbons (Fsp3) is 0.143. The Kier molecular flexibility index (Phi) is 3.28. The lowest BCUT2D eigenvalue weighted by Gasteiger charge is -2.16. The van der Waals surface area contributed by atoms with Gasteiger partial charge in [-0.25, -0.2) is 0 Å².